The Morgan fingerprint density at radius 3 is 2.74 bits per heavy atom. The minimum Gasteiger partial charge on any atom is -0.494 e. The number of thioether (sulfide) groups is 1. The largest absolute Gasteiger partial charge is 0.494 e. The number of carbonyl (C=O) groups excluding carboxylic acids is 1. The van der Waals surface area contributed by atoms with Crippen LogP contribution in [0.3, 0.4) is 0 Å². The number of carbonyl (C=O) groups is 1. The number of aromatic nitrogens is 2. The first-order chi connectivity index (χ1) is 16.6. The quantitative estimate of drug-likeness (QED) is 0.416. The van der Waals surface area contributed by atoms with Crippen molar-refractivity contribution in [3.05, 3.63) is 42.2 Å². The Balaban J connectivity index is 1.49. The summed E-state index contributed by atoms with van der Waals surface area (Å²) in [7, 11) is -1.82. The van der Waals surface area contributed by atoms with E-state index >= 15 is 0 Å². The summed E-state index contributed by atoms with van der Waals surface area (Å²) < 4.78 is 34.7. The molecular weight excluding hydrogens is 490 g/mol. The molecule has 1 aliphatic heterocycles. The lowest BCUT2D eigenvalue weighted by atomic mass is 10.1. The average molecular weight is 518 g/mol. The molecule has 2 N–H and O–H groups in total. The van der Waals surface area contributed by atoms with Crippen molar-refractivity contribution in [2.24, 2.45) is 4.99 Å². The molecule has 2 atom stereocenters. The highest BCUT2D eigenvalue weighted by Crippen LogP contribution is 2.36. The molecule has 1 aliphatic rings. The van der Waals surface area contributed by atoms with E-state index in [-0.39, 0.29) is 16.1 Å². The van der Waals surface area contributed by atoms with Crippen molar-refractivity contribution < 1.29 is 27.8 Å². The third-order valence-corrected chi connectivity index (χ3v) is 7.68. The number of aliphatic hydroxyl groups excluding tert-OH is 1. The number of ether oxygens (including phenoxy) is 2. The predicted octanol–water partition coefficient (Wildman–Crippen LogP) is 3.75. The lowest BCUT2D eigenvalue weighted by molar-refractivity contribution is -0.119. The van der Waals surface area contributed by atoms with Crippen LogP contribution < -0.4 is 9.47 Å². The summed E-state index contributed by atoms with van der Waals surface area (Å²) in [5, 5.41) is 11.1. The maximum atomic E-state index is 12.2. The summed E-state index contributed by atoms with van der Waals surface area (Å²) in [4.78, 5) is 24.1. The second kappa shape index (κ2) is 10.4. The van der Waals surface area contributed by atoms with E-state index < -0.39 is 15.9 Å². The van der Waals surface area contributed by atoms with Crippen molar-refractivity contribution in [1.82, 2.24) is 9.97 Å². The number of nitrogens with zero attached hydrogens (tertiary/aromatic N) is 2. The van der Waals surface area contributed by atoms with E-state index in [4.69, 9.17) is 9.47 Å². The number of aromatic amines is 1. The van der Waals surface area contributed by atoms with Crippen molar-refractivity contribution in [2.45, 2.75) is 42.6 Å². The number of sulfone groups is 1. The Morgan fingerprint density at radius 2 is 2.09 bits per heavy atom. The zero-order valence-corrected chi connectivity index (χ0v) is 21.3. The summed E-state index contributed by atoms with van der Waals surface area (Å²) in [6, 6.07) is 8.49. The van der Waals surface area contributed by atoms with Gasteiger partial charge in [0.1, 0.15) is 28.1 Å². The molecule has 186 valence electrons. The summed E-state index contributed by atoms with van der Waals surface area (Å²) in [5.74, 6) is 1.63. The smallest absolute Gasteiger partial charge is 0.192 e. The Kier molecular flexibility index (Phi) is 7.48. The lowest BCUT2D eigenvalue weighted by Gasteiger charge is -2.09. The summed E-state index contributed by atoms with van der Waals surface area (Å²) in [5.41, 5.74) is 1.62. The molecule has 0 amide bonds. The number of aliphatic hydroxyl groups is 1. The summed E-state index contributed by atoms with van der Waals surface area (Å²) in [6.45, 7) is 2.25. The van der Waals surface area contributed by atoms with Crippen molar-refractivity contribution >= 4 is 43.3 Å². The highest BCUT2D eigenvalue weighted by molar-refractivity contribution is 8.15. The fourth-order valence-electron chi connectivity index (χ4n) is 3.70. The molecule has 9 nitrogen and oxygen atoms in total. The average Bonchev–Trinajstić information content (AvgIpc) is 3.44. The van der Waals surface area contributed by atoms with Crippen LogP contribution in [0.25, 0.3) is 10.9 Å². The van der Waals surface area contributed by atoms with Crippen LogP contribution in [0.1, 0.15) is 31.9 Å². The van der Waals surface area contributed by atoms with Crippen LogP contribution in [-0.2, 0) is 14.6 Å². The molecule has 0 aliphatic carbocycles. The molecular formula is C24H27N3O6S2. The van der Waals surface area contributed by atoms with Gasteiger partial charge in [0.15, 0.2) is 14.9 Å². The zero-order valence-electron chi connectivity index (χ0n) is 19.6. The third kappa shape index (κ3) is 6.22. The Morgan fingerprint density at radius 1 is 1.29 bits per heavy atom. The van der Waals surface area contributed by atoms with Gasteiger partial charge in [0.2, 0.25) is 0 Å². The number of methoxy groups -OCH3 is 1. The molecule has 0 spiro atoms. The molecule has 3 heterocycles. The number of fused-ring (bicyclic) bond motifs is 1. The molecule has 0 saturated heterocycles. The number of rotatable bonds is 10. The minimum atomic E-state index is -3.39. The molecule has 1 unspecified atom stereocenters. The number of nitrogens with one attached hydrogen (secondary N) is 1. The maximum absolute atomic E-state index is 12.2. The normalized spacial score (nSPS) is 16.8. The van der Waals surface area contributed by atoms with E-state index in [9.17, 15) is 18.3 Å². The van der Waals surface area contributed by atoms with Crippen molar-refractivity contribution in [1.29, 1.82) is 0 Å². The van der Waals surface area contributed by atoms with Crippen LogP contribution in [0.15, 0.2) is 46.5 Å². The van der Waals surface area contributed by atoms with Gasteiger partial charge in [-0.2, -0.15) is 0 Å². The van der Waals surface area contributed by atoms with E-state index in [0.29, 0.717) is 43.1 Å². The monoisotopic (exact) mass is 517 g/mol. The fourth-order valence-corrected chi connectivity index (χ4v) is 5.38. The van der Waals surface area contributed by atoms with Gasteiger partial charge in [0.25, 0.3) is 0 Å². The zero-order chi connectivity index (χ0) is 25.2. The van der Waals surface area contributed by atoms with E-state index in [1.54, 1.807) is 37.9 Å². The van der Waals surface area contributed by atoms with E-state index in [0.717, 1.165) is 27.9 Å². The lowest BCUT2D eigenvalue weighted by Crippen LogP contribution is -2.13. The Hall–Kier alpha value is -2.89. The second-order valence-electron chi connectivity index (χ2n) is 8.50. The predicted molar refractivity (Wildman–Crippen MR) is 136 cm³/mol. The molecule has 1 aromatic carbocycles. The molecule has 2 aromatic heterocycles. The summed E-state index contributed by atoms with van der Waals surface area (Å²) >= 11 is 1.57. The molecule has 0 fully saturated rings. The number of H-pyrrole nitrogens is 1. The molecule has 0 saturated carbocycles. The van der Waals surface area contributed by atoms with Gasteiger partial charge in [-0.15, -0.1) is 0 Å². The number of benzene rings is 1. The van der Waals surface area contributed by atoms with Gasteiger partial charge >= 0.3 is 0 Å². The molecule has 3 aromatic rings. The number of Topliss-reactive ketones (excluding diaryl/α,β-unsaturated/α-hetero) is 1. The fraction of sp³-hybridized carbons (Fsp3) is 0.375. The standard InChI is InChI=1S/C24H27N3O6S2/c1-14(28)4-5-16(29)10-19-13-26-24(34-19)20-9-15-8-18(11-21(32-2)23(15)27-20)33-17-6-7-22(25-12-17)35(3,30)31/h6-9,11-12,14,19,27-28H,4-5,10,13H2,1-3H3/t14-,19?/m1/s1. The first kappa shape index (κ1) is 25.2. The number of hydrogen-bond acceptors (Lipinski definition) is 9. The number of hydrogen-bond donors (Lipinski definition) is 2. The Labute approximate surface area is 207 Å². The SMILES string of the molecule is COc1cc(Oc2ccc(S(C)(=O)=O)nc2)cc2cc(C3=NCC(CC(=O)CC[C@@H](C)O)S3)[nH]c12. The molecule has 11 heteroatoms. The third-order valence-electron chi connectivity index (χ3n) is 5.45. The highest BCUT2D eigenvalue weighted by Gasteiger charge is 2.25. The molecule has 0 radical (unpaired) electrons. The molecule has 35 heavy (non-hydrogen) atoms. The topological polar surface area (TPSA) is 131 Å². The summed E-state index contributed by atoms with van der Waals surface area (Å²) in [6.07, 6.45) is 3.28. The van der Waals surface area contributed by atoms with Gasteiger partial charge in [-0.25, -0.2) is 13.4 Å². The van der Waals surface area contributed by atoms with Crippen LogP contribution in [0.4, 0.5) is 0 Å². The van der Waals surface area contributed by atoms with Crippen LogP contribution in [-0.4, -0.2) is 65.6 Å². The van der Waals surface area contributed by atoms with Crippen molar-refractivity contribution in [3.63, 3.8) is 0 Å². The van der Waals surface area contributed by atoms with E-state index in [1.165, 1.54) is 12.3 Å². The first-order valence-electron chi connectivity index (χ1n) is 11.1. The molecule has 0 bridgehead atoms. The van der Waals surface area contributed by atoms with Crippen molar-refractivity contribution in [2.75, 3.05) is 19.9 Å². The van der Waals surface area contributed by atoms with Crippen LogP contribution in [0, 0.1) is 0 Å². The van der Waals surface area contributed by atoms with Crippen LogP contribution in [0.5, 0.6) is 17.2 Å². The molecule has 4 rings (SSSR count). The van der Waals surface area contributed by atoms with Crippen molar-refractivity contribution in [3.8, 4) is 17.2 Å². The first-order valence-corrected chi connectivity index (χ1v) is 13.9. The van der Waals surface area contributed by atoms with Gasteiger partial charge in [0.05, 0.1) is 37.2 Å². The second-order valence-corrected chi connectivity index (χ2v) is 11.7. The van der Waals surface area contributed by atoms with Crippen LogP contribution in [0.2, 0.25) is 0 Å². The van der Waals surface area contributed by atoms with Gasteiger partial charge in [-0.05, 0) is 37.6 Å². The minimum absolute atomic E-state index is 0.0223. The van der Waals surface area contributed by atoms with Gasteiger partial charge in [-0.3, -0.25) is 9.79 Å². The number of aliphatic imine (C=N–C) groups is 1. The maximum Gasteiger partial charge on any atom is 0.192 e. The van der Waals surface area contributed by atoms with Crippen LogP contribution >= 0.6 is 11.8 Å². The highest BCUT2D eigenvalue weighted by atomic mass is 32.2. The Bertz CT molecular complexity index is 1360. The van der Waals surface area contributed by atoms with Gasteiger partial charge < -0.3 is 19.6 Å². The number of ketones is 1. The van der Waals surface area contributed by atoms with E-state index in [1.807, 2.05) is 12.1 Å². The van der Waals surface area contributed by atoms with E-state index in [2.05, 4.69) is 15.0 Å². The van der Waals surface area contributed by atoms with Gasteiger partial charge in [0, 0.05) is 35.8 Å². The van der Waals surface area contributed by atoms with Gasteiger partial charge in [-0.1, -0.05) is 11.8 Å². The number of pyridine rings is 1.